The number of methoxy groups -OCH3 is 1. The molecule has 0 spiro atoms. The normalized spacial score (nSPS) is 12.3. The minimum atomic E-state index is -0.508. The molecule has 10 heteroatoms. The van der Waals surface area contributed by atoms with Gasteiger partial charge in [0.25, 0.3) is 5.91 Å². The number of nitrogens with one attached hydrogen (secondary N) is 2. The van der Waals surface area contributed by atoms with Crippen LogP contribution in [0.3, 0.4) is 0 Å². The number of hydrogen-bond acceptors (Lipinski definition) is 5. The maximum atomic E-state index is 13.2. The highest BCUT2D eigenvalue weighted by Crippen LogP contribution is 2.31. The fourth-order valence-electron chi connectivity index (χ4n) is 3.41. The van der Waals surface area contributed by atoms with E-state index in [0.717, 1.165) is 13.1 Å². The van der Waals surface area contributed by atoms with Crippen molar-refractivity contribution in [2.75, 3.05) is 25.5 Å². The number of ether oxygens (including phenoxy) is 1. The van der Waals surface area contributed by atoms with Crippen LogP contribution in [0.25, 0.3) is 0 Å². The molecule has 0 radical (unpaired) electrons. The van der Waals surface area contributed by atoms with Crippen LogP contribution in [0.5, 0.6) is 5.75 Å². The van der Waals surface area contributed by atoms with Crippen molar-refractivity contribution in [3.63, 3.8) is 0 Å². The second-order valence-corrected chi connectivity index (χ2v) is 8.86. The van der Waals surface area contributed by atoms with Crippen molar-refractivity contribution in [2.45, 2.75) is 6.42 Å². The molecule has 2 N–H and O–H groups in total. The third kappa shape index (κ3) is 5.33. The van der Waals surface area contributed by atoms with E-state index in [4.69, 9.17) is 44.9 Å². The van der Waals surface area contributed by atoms with Gasteiger partial charge in [-0.25, -0.2) is 4.98 Å². The topological polar surface area (TPSA) is 95.1 Å². The van der Waals surface area contributed by atoms with Gasteiger partial charge in [0.2, 0.25) is 0 Å². The number of carbonyl (C=O) groups excluding carboxylic acids is 2. The van der Waals surface area contributed by atoms with Crippen LogP contribution in [-0.2, 0) is 6.42 Å². The number of carbonyl (C=O) groups is 2. The fourth-order valence-corrected chi connectivity index (χ4v) is 4.02. The molecule has 174 valence electrons. The number of rotatable bonds is 7. The Morgan fingerprint density at radius 3 is 2.44 bits per heavy atom. The summed E-state index contributed by atoms with van der Waals surface area (Å²) >= 11 is 18.4. The SMILES string of the molecule is COc1cc(Cl)cc(C(=O)Nc2ccc(Cl)cn2)c1CC(=O)c1ccc(C(=N)N2CC2)cc1Cl. The monoisotopic (exact) mass is 516 g/mol. The summed E-state index contributed by atoms with van der Waals surface area (Å²) in [6.07, 6.45) is 1.26. The summed E-state index contributed by atoms with van der Waals surface area (Å²) in [5.74, 6) is 0.139. The first kappa shape index (κ1) is 24.0. The van der Waals surface area contributed by atoms with Gasteiger partial charge in [-0.05, 0) is 36.4 Å². The zero-order valence-electron chi connectivity index (χ0n) is 18.0. The first-order chi connectivity index (χ1) is 16.3. The molecule has 0 aliphatic carbocycles. The molecule has 1 aliphatic heterocycles. The Kier molecular flexibility index (Phi) is 7.07. The van der Waals surface area contributed by atoms with Crippen molar-refractivity contribution < 1.29 is 14.3 Å². The quantitative estimate of drug-likeness (QED) is 0.190. The van der Waals surface area contributed by atoms with E-state index in [1.807, 2.05) is 4.90 Å². The molecule has 0 atom stereocenters. The third-order valence-electron chi connectivity index (χ3n) is 5.25. The first-order valence-electron chi connectivity index (χ1n) is 10.2. The Labute approximate surface area is 211 Å². The van der Waals surface area contributed by atoms with Crippen LogP contribution in [0.15, 0.2) is 48.7 Å². The number of amides is 1. The summed E-state index contributed by atoms with van der Waals surface area (Å²) in [4.78, 5) is 32.2. The van der Waals surface area contributed by atoms with E-state index in [2.05, 4.69) is 10.3 Å². The minimum Gasteiger partial charge on any atom is -0.496 e. The van der Waals surface area contributed by atoms with Gasteiger partial charge in [0, 0.05) is 53.0 Å². The van der Waals surface area contributed by atoms with Crippen LogP contribution in [-0.4, -0.2) is 47.6 Å². The molecule has 0 saturated carbocycles. The number of benzene rings is 2. The molecule has 1 fully saturated rings. The van der Waals surface area contributed by atoms with Crippen molar-refractivity contribution >= 4 is 58.1 Å². The van der Waals surface area contributed by atoms with Gasteiger partial charge >= 0.3 is 0 Å². The first-order valence-corrected chi connectivity index (χ1v) is 11.4. The summed E-state index contributed by atoms with van der Waals surface area (Å²) in [7, 11) is 1.43. The van der Waals surface area contributed by atoms with Gasteiger partial charge in [0.15, 0.2) is 5.78 Å². The van der Waals surface area contributed by atoms with Gasteiger partial charge in [-0.1, -0.05) is 40.9 Å². The van der Waals surface area contributed by atoms with Gasteiger partial charge in [-0.2, -0.15) is 0 Å². The van der Waals surface area contributed by atoms with Crippen molar-refractivity contribution in [2.24, 2.45) is 0 Å². The van der Waals surface area contributed by atoms with Crippen LogP contribution in [0.2, 0.25) is 15.1 Å². The summed E-state index contributed by atoms with van der Waals surface area (Å²) in [6, 6.07) is 11.1. The molecule has 34 heavy (non-hydrogen) atoms. The maximum Gasteiger partial charge on any atom is 0.257 e. The van der Waals surface area contributed by atoms with E-state index in [-0.39, 0.29) is 39.2 Å². The number of aromatic nitrogens is 1. The van der Waals surface area contributed by atoms with E-state index in [0.29, 0.717) is 27.7 Å². The predicted molar refractivity (Wildman–Crippen MR) is 133 cm³/mol. The lowest BCUT2D eigenvalue weighted by Crippen LogP contribution is -2.18. The van der Waals surface area contributed by atoms with Gasteiger partial charge in [0.05, 0.1) is 17.2 Å². The van der Waals surface area contributed by atoms with Crippen LogP contribution in [0, 0.1) is 5.41 Å². The molecule has 1 amide bonds. The van der Waals surface area contributed by atoms with Gasteiger partial charge < -0.3 is 15.0 Å². The van der Waals surface area contributed by atoms with Crippen molar-refractivity contribution in [1.29, 1.82) is 5.41 Å². The van der Waals surface area contributed by atoms with Crippen LogP contribution in [0.4, 0.5) is 5.82 Å². The Hall–Kier alpha value is -3.13. The van der Waals surface area contributed by atoms with Crippen molar-refractivity contribution in [3.8, 4) is 5.75 Å². The van der Waals surface area contributed by atoms with Gasteiger partial charge in [-0.3, -0.25) is 15.0 Å². The van der Waals surface area contributed by atoms with E-state index >= 15 is 0 Å². The Bertz CT molecular complexity index is 1290. The van der Waals surface area contributed by atoms with E-state index in [9.17, 15) is 9.59 Å². The number of halogens is 3. The lowest BCUT2D eigenvalue weighted by Gasteiger charge is -2.15. The maximum absolute atomic E-state index is 13.2. The highest BCUT2D eigenvalue weighted by molar-refractivity contribution is 6.34. The average Bonchev–Trinajstić information content (AvgIpc) is 3.66. The van der Waals surface area contributed by atoms with Crippen LogP contribution in [0.1, 0.15) is 31.8 Å². The molecule has 3 aromatic rings. The Morgan fingerprint density at radius 1 is 1.06 bits per heavy atom. The Balaban J connectivity index is 1.63. The Morgan fingerprint density at radius 2 is 1.82 bits per heavy atom. The fraction of sp³-hybridized carbons (Fsp3) is 0.167. The molecule has 1 aliphatic rings. The van der Waals surface area contributed by atoms with Gasteiger partial charge in [-0.15, -0.1) is 0 Å². The van der Waals surface area contributed by atoms with Crippen molar-refractivity contribution in [1.82, 2.24) is 9.88 Å². The molecule has 1 aromatic heterocycles. The molecular weight excluding hydrogens is 499 g/mol. The second-order valence-electron chi connectivity index (χ2n) is 7.58. The number of hydrogen-bond donors (Lipinski definition) is 2. The summed E-state index contributed by atoms with van der Waals surface area (Å²) in [6.45, 7) is 1.67. The third-order valence-corrected chi connectivity index (χ3v) is 6.01. The zero-order chi connectivity index (χ0) is 24.4. The lowest BCUT2D eigenvalue weighted by atomic mass is 9.96. The second kappa shape index (κ2) is 10.0. The molecular formula is C24H19Cl3N4O3. The largest absolute Gasteiger partial charge is 0.496 e. The highest BCUT2D eigenvalue weighted by atomic mass is 35.5. The predicted octanol–water partition coefficient (Wildman–Crippen LogP) is 5.37. The summed E-state index contributed by atoms with van der Waals surface area (Å²) in [5, 5.41) is 11.8. The van der Waals surface area contributed by atoms with Crippen LogP contribution < -0.4 is 10.1 Å². The minimum absolute atomic E-state index is 0.153. The van der Waals surface area contributed by atoms with Gasteiger partial charge in [0.1, 0.15) is 17.4 Å². The molecule has 4 rings (SSSR count). The smallest absolute Gasteiger partial charge is 0.257 e. The summed E-state index contributed by atoms with van der Waals surface area (Å²) in [5.41, 5.74) is 1.45. The van der Waals surface area contributed by atoms with E-state index < -0.39 is 5.91 Å². The lowest BCUT2D eigenvalue weighted by molar-refractivity contribution is 0.0991. The molecule has 0 unspecified atom stereocenters. The molecule has 7 nitrogen and oxygen atoms in total. The average molecular weight is 518 g/mol. The molecule has 2 aromatic carbocycles. The molecule has 0 bridgehead atoms. The zero-order valence-corrected chi connectivity index (χ0v) is 20.3. The number of pyridine rings is 1. The van der Waals surface area contributed by atoms with E-state index in [1.165, 1.54) is 25.4 Å². The number of ketones is 1. The van der Waals surface area contributed by atoms with E-state index in [1.54, 1.807) is 30.3 Å². The number of nitrogens with zero attached hydrogens (tertiary/aromatic N) is 2. The van der Waals surface area contributed by atoms with Crippen molar-refractivity contribution in [3.05, 3.63) is 86.0 Å². The number of anilines is 1. The van der Waals surface area contributed by atoms with Crippen LogP contribution >= 0.6 is 34.8 Å². The highest BCUT2D eigenvalue weighted by Gasteiger charge is 2.25. The molecule has 1 saturated heterocycles. The standard InChI is InChI=1S/C24H19Cl3N4O3/c1-34-21-10-15(26)9-18(24(33)30-22-5-3-14(25)12-29-22)17(21)11-20(32)16-4-2-13(8-19(16)27)23(28)31-6-7-31/h2-5,8-10,12,28H,6-7,11H2,1H3,(H,29,30,33). The molecule has 2 heterocycles. The number of Topliss-reactive ketones (excluding diaryl/α,β-unsaturated/α-hetero) is 1. The number of amidine groups is 1. The summed E-state index contributed by atoms with van der Waals surface area (Å²) < 4.78 is 5.42.